The van der Waals surface area contributed by atoms with Crippen LogP contribution in [0.25, 0.3) is 0 Å². The van der Waals surface area contributed by atoms with Crippen LogP contribution in [-0.4, -0.2) is 6.04 Å². The molecule has 1 unspecified atom stereocenters. The van der Waals surface area contributed by atoms with Crippen LogP contribution in [-0.2, 0) is 13.0 Å². The maximum atomic E-state index is 13.1. The predicted molar refractivity (Wildman–Crippen MR) is 80.5 cm³/mol. The first-order valence-electron chi connectivity index (χ1n) is 6.57. The van der Waals surface area contributed by atoms with Crippen LogP contribution in [0.5, 0.6) is 0 Å². The van der Waals surface area contributed by atoms with Crippen molar-refractivity contribution < 1.29 is 13.2 Å². The van der Waals surface area contributed by atoms with Gasteiger partial charge in [0.05, 0.1) is 0 Å². The summed E-state index contributed by atoms with van der Waals surface area (Å²) in [4.78, 5) is 0. The van der Waals surface area contributed by atoms with Gasteiger partial charge < -0.3 is 5.32 Å². The van der Waals surface area contributed by atoms with Crippen LogP contribution in [0, 0.1) is 17.5 Å². The predicted octanol–water partition coefficient (Wildman–Crippen LogP) is 4.59. The highest BCUT2D eigenvalue weighted by Gasteiger charge is 2.11. The summed E-state index contributed by atoms with van der Waals surface area (Å²) in [6.45, 7) is 2.27. The van der Waals surface area contributed by atoms with Crippen LogP contribution in [0.4, 0.5) is 13.2 Å². The third-order valence-corrected chi connectivity index (χ3v) is 3.68. The Morgan fingerprint density at radius 2 is 1.57 bits per heavy atom. The number of rotatable bonds is 5. The third kappa shape index (κ3) is 4.58. The number of nitrogens with one attached hydrogen (secondary N) is 1. The second-order valence-electron chi connectivity index (χ2n) is 4.99. The maximum absolute atomic E-state index is 13.1. The molecule has 0 radical (unpaired) electrons. The molecule has 0 amide bonds. The molecule has 0 aliphatic rings. The fourth-order valence-electron chi connectivity index (χ4n) is 2.05. The second kappa shape index (κ2) is 7.09. The molecule has 112 valence electrons. The molecule has 0 aliphatic carbocycles. The lowest BCUT2D eigenvalue weighted by molar-refractivity contribution is 0.443. The zero-order valence-electron chi connectivity index (χ0n) is 11.5. The van der Waals surface area contributed by atoms with Gasteiger partial charge in [0.2, 0.25) is 0 Å². The minimum Gasteiger partial charge on any atom is -0.310 e. The minimum absolute atomic E-state index is 0.127. The topological polar surface area (TPSA) is 12.0 Å². The molecule has 0 saturated heterocycles. The normalized spacial score (nSPS) is 12.4. The van der Waals surface area contributed by atoms with Crippen LogP contribution in [0.3, 0.4) is 0 Å². The summed E-state index contributed by atoms with van der Waals surface area (Å²) >= 11 is 3.38. The van der Waals surface area contributed by atoms with Gasteiger partial charge in [-0.2, -0.15) is 0 Å². The highest BCUT2D eigenvalue weighted by molar-refractivity contribution is 9.10. The lowest BCUT2D eigenvalue weighted by Gasteiger charge is -2.14. The fourth-order valence-corrected chi connectivity index (χ4v) is 2.31. The van der Waals surface area contributed by atoms with Gasteiger partial charge in [0.25, 0.3) is 0 Å². The molecule has 0 saturated carbocycles. The summed E-state index contributed by atoms with van der Waals surface area (Å²) in [6.07, 6.45) is 0.791. The summed E-state index contributed by atoms with van der Waals surface area (Å²) in [5, 5.41) is 3.17. The molecule has 0 heterocycles. The van der Waals surface area contributed by atoms with Crippen LogP contribution in [0.1, 0.15) is 18.1 Å². The first-order chi connectivity index (χ1) is 9.95. The Kier molecular flexibility index (Phi) is 5.42. The molecular formula is C16H15BrF3N. The molecule has 2 aromatic carbocycles. The molecule has 1 nitrogen and oxygen atoms in total. The van der Waals surface area contributed by atoms with E-state index in [0.717, 1.165) is 28.6 Å². The molecule has 5 heteroatoms. The van der Waals surface area contributed by atoms with Gasteiger partial charge in [-0.05, 0) is 48.7 Å². The highest BCUT2D eigenvalue weighted by atomic mass is 79.9. The van der Waals surface area contributed by atoms with E-state index in [0.29, 0.717) is 5.56 Å². The molecule has 21 heavy (non-hydrogen) atoms. The summed E-state index contributed by atoms with van der Waals surface area (Å²) < 4.78 is 40.1. The van der Waals surface area contributed by atoms with E-state index in [4.69, 9.17) is 0 Å². The van der Waals surface area contributed by atoms with E-state index < -0.39 is 17.5 Å². The van der Waals surface area contributed by atoms with Crippen molar-refractivity contribution in [3.63, 3.8) is 0 Å². The molecule has 0 aliphatic heterocycles. The minimum atomic E-state index is -1.43. The number of halogens is 4. The quantitative estimate of drug-likeness (QED) is 0.771. The molecular weight excluding hydrogens is 343 g/mol. The van der Waals surface area contributed by atoms with Gasteiger partial charge in [-0.15, -0.1) is 0 Å². The van der Waals surface area contributed by atoms with Gasteiger partial charge in [-0.25, -0.2) is 13.2 Å². The average Bonchev–Trinajstić information content (AvgIpc) is 2.45. The Hall–Kier alpha value is -1.33. The lowest BCUT2D eigenvalue weighted by Crippen LogP contribution is -2.27. The molecule has 0 aromatic heterocycles. The van der Waals surface area contributed by atoms with Crippen molar-refractivity contribution in [1.82, 2.24) is 5.32 Å². The fraction of sp³-hybridized carbons (Fsp3) is 0.250. The van der Waals surface area contributed by atoms with Gasteiger partial charge in [0.15, 0.2) is 17.5 Å². The van der Waals surface area contributed by atoms with Crippen LogP contribution in [0.2, 0.25) is 0 Å². The summed E-state index contributed by atoms with van der Waals surface area (Å²) in [5.41, 5.74) is 1.55. The van der Waals surface area contributed by atoms with Crippen LogP contribution >= 0.6 is 15.9 Å². The zero-order chi connectivity index (χ0) is 15.4. The monoisotopic (exact) mass is 357 g/mol. The second-order valence-corrected chi connectivity index (χ2v) is 5.90. The van der Waals surface area contributed by atoms with Gasteiger partial charge in [-0.1, -0.05) is 28.1 Å². The average molecular weight is 358 g/mol. The van der Waals surface area contributed by atoms with Crippen molar-refractivity contribution in [2.75, 3.05) is 0 Å². The number of hydrogen-bond donors (Lipinski definition) is 1. The SMILES string of the molecule is CC(Cc1ccc(Br)cc1)NCc1cc(F)c(F)c(F)c1. The van der Waals surface area contributed by atoms with Gasteiger partial charge >= 0.3 is 0 Å². The Morgan fingerprint density at radius 1 is 1.00 bits per heavy atom. The van der Waals surface area contributed by atoms with Crippen molar-refractivity contribution in [2.24, 2.45) is 0 Å². The summed E-state index contributed by atoms with van der Waals surface area (Å²) in [6, 6.07) is 10.1. The molecule has 2 aromatic rings. The van der Waals surface area contributed by atoms with Crippen molar-refractivity contribution in [1.29, 1.82) is 0 Å². The molecule has 2 rings (SSSR count). The number of hydrogen-bond acceptors (Lipinski definition) is 1. The highest BCUT2D eigenvalue weighted by Crippen LogP contribution is 2.14. The first kappa shape index (κ1) is 16.0. The van der Waals surface area contributed by atoms with Crippen LogP contribution < -0.4 is 5.32 Å². The first-order valence-corrected chi connectivity index (χ1v) is 7.36. The Bertz CT molecular complexity index is 590. The van der Waals surface area contributed by atoms with Crippen molar-refractivity contribution in [3.8, 4) is 0 Å². The summed E-state index contributed by atoms with van der Waals surface area (Å²) in [7, 11) is 0. The molecule has 1 N–H and O–H groups in total. The Morgan fingerprint density at radius 3 is 2.14 bits per heavy atom. The molecule has 0 fully saturated rings. The van der Waals surface area contributed by atoms with E-state index in [9.17, 15) is 13.2 Å². The van der Waals surface area contributed by atoms with E-state index in [1.165, 1.54) is 0 Å². The largest absolute Gasteiger partial charge is 0.310 e. The van der Waals surface area contributed by atoms with E-state index in [1.807, 2.05) is 31.2 Å². The standard InChI is InChI=1S/C16H15BrF3N/c1-10(6-11-2-4-13(17)5-3-11)21-9-12-7-14(18)16(20)15(19)8-12/h2-5,7-8,10,21H,6,9H2,1H3. The van der Waals surface area contributed by atoms with E-state index >= 15 is 0 Å². The van der Waals surface area contributed by atoms with Gasteiger partial charge in [0, 0.05) is 17.1 Å². The Balaban J connectivity index is 1.92. The molecule has 0 spiro atoms. The lowest BCUT2D eigenvalue weighted by atomic mass is 10.1. The van der Waals surface area contributed by atoms with Gasteiger partial charge in [0.1, 0.15) is 0 Å². The maximum Gasteiger partial charge on any atom is 0.194 e. The smallest absolute Gasteiger partial charge is 0.194 e. The zero-order valence-corrected chi connectivity index (χ0v) is 13.1. The molecule has 0 bridgehead atoms. The number of benzene rings is 2. The van der Waals surface area contributed by atoms with E-state index in [-0.39, 0.29) is 12.6 Å². The van der Waals surface area contributed by atoms with E-state index in [2.05, 4.69) is 21.2 Å². The van der Waals surface area contributed by atoms with Gasteiger partial charge in [-0.3, -0.25) is 0 Å². The summed E-state index contributed by atoms with van der Waals surface area (Å²) in [5.74, 6) is -3.75. The van der Waals surface area contributed by atoms with Crippen molar-refractivity contribution in [2.45, 2.75) is 25.9 Å². The van der Waals surface area contributed by atoms with Crippen molar-refractivity contribution >= 4 is 15.9 Å². The third-order valence-electron chi connectivity index (χ3n) is 3.15. The van der Waals surface area contributed by atoms with Crippen molar-refractivity contribution in [3.05, 3.63) is 69.4 Å². The van der Waals surface area contributed by atoms with Crippen LogP contribution in [0.15, 0.2) is 40.9 Å². The Labute approximate surface area is 130 Å². The van der Waals surface area contributed by atoms with E-state index in [1.54, 1.807) is 0 Å². The molecule has 1 atom stereocenters.